The van der Waals surface area contributed by atoms with Crippen molar-refractivity contribution in [1.82, 2.24) is 10.6 Å². The van der Waals surface area contributed by atoms with Gasteiger partial charge >= 0.3 is 12.1 Å². The van der Waals surface area contributed by atoms with Crippen molar-refractivity contribution < 1.29 is 24.2 Å². The molecule has 0 aliphatic heterocycles. The topological polar surface area (TPSA) is 105 Å². The van der Waals surface area contributed by atoms with Crippen LogP contribution in [0.25, 0.3) is 11.1 Å². The zero-order valence-corrected chi connectivity index (χ0v) is 20.2. The van der Waals surface area contributed by atoms with E-state index in [9.17, 15) is 19.5 Å². The lowest BCUT2D eigenvalue weighted by Crippen LogP contribution is -2.47. The van der Waals surface area contributed by atoms with Crippen molar-refractivity contribution in [2.45, 2.75) is 57.4 Å². The highest BCUT2D eigenvalue weighted by atomic mass is 16.5. The summed E-state index contributed by atoms with van der Waals surface area (Å²) in [5.74, 6) is -1.60. The maximum Gasteiger partial charge on any atom is 0.407 e. The van der Waals surface area contributed by atoms with Crippen LogP contribution in [0.15, 0.2) is 48.5 Å². The first-order valence-electron chi connectivity index (χ1n) is 12.6. The van der Waals surface area contributed by atoms with Crippen molar-refractivity contribution in [3.05, 3.63) is 59.7 Å². The highest BCUT2D eigenvalue weighted by Gasteiger charge is 2.34. The summed E-state index contributed by atoms with van der Waals surface area (Å²) in [7, 11) is 0. The molecule has 7 heteroatoms. The predicted octanol–water partition coefficient (Wildman–Crippen LogP) is 4.70. The van der Waals surface area contributed by atoms with Crippen molar-refractivity contribution in [2.75, 3.05) is 13.2 Å². The smallest absolute Gasteiger partial charge is 0.407 e. The number of amides is 2. The maximum absolute atomic E-state index is 12.9. The van der Waals surface area contributed by atoms with Gasteiger partial charge in [0, 0.05) is 18.4 Å². The number of carboxylic acids is 1. The molecule has 0 heterocycles. The van der Waals surface area contributed by atoms with Gasteiger partial charge in [-0.05, 0) is 47.4 Å². The second-order valence-electron chi connectivity index (χ2n) is 9.55. The van der Waals surface area contributed by atoms with Crippen molar-refractivity contribution in [3.8, 4) is 11.1 Å². The lowest BCUT2D eigenvalue weighted by molar-refractivity contribution is -0.143. The minimum Gasteiger partial charge on any atom is -0.480 e. The van der Waals surface area contributed by atoms with E-state index in [1.807, 2.05) is 31.2 Å². The highest BCUT2D eigenvalue weighted by molar-refractivity contribution is 5.85. The zero-order valence-electron chi connectivity index (χ0n) is 20.2. The van der Waals surface area contributed by atoms with Crippen LogP contribution < -0.4 is 10.6 Å². The van der Waals surface area contributed by atoms with E-state index in [1.54, 1.807) is 0 Å². The summed E-state index contributed by atoms with van der Waals surface area (Å²) in [4.78, 5) is 36.9. The molecule has 3 N–H and O–H groups in total. The van der Waals surface area contributed by atoms with Gasteiger partial charge in [0.05, 0.1) is 0 Å². The maximum atomic E-state index is 12.9. The van der Waals surface area contributed by atoms with E-state index in [-0.39, 0.29) is 30.3 Å². The molecule has 0 bridgehead atoms. The first kappa shape index (κ1) is 24.8. The largest absolute Gasteiger partial charge is 0.480 e. The third kappa shape index (κ3) is 5.66. The summed E-state index contributed by atoms with van der Waals surface area (Å²) >= 11 is 0. The molecule has 0 aromatic heterocycles. The summed E-state index contributed by atoms with van der Waals surface area (Å²) < 4.78 is 5.63. The van der Waals surface area contributed by atoms with Gasteiger partial charge < -0.3 is 20.5 Å². The Kier molecular flexibility index (Phi) is 8.06. The first-order valence-corrected chi connectivity index (χ1v) is 12.6. The molecule has 1 saturated carbocycles. The van der Waals surface area contributed by atoms with Gasteiger partial charge in [-0.3, -0.25) is 4.79 Å². The van der Waals surface area contributed by atoms with Crippen LogP contribution in [0.5, 0.6) is 0 Å². The average molecular weight is 479 g/mol. The Morgan fingerprint density at radius 1 is 1.00 bits per heavy atom. The second kappa shape index (κ2) is 11.4. The van der Waals surface area contributed by atoms with E-state index < -0.39 is 18.1 Å². The Morgan fingerprint density at radius 2 is 1.63 bits per heavy atom. The fraction of sp³-hybridized carbons (Fsp3) is 0.464. The van der Waals surface area contributed by atoms with Gasteiger partial charge in [-0.25, -0.2) is 9.59 Å². The third-order valence-corrected chi connectivity index (χ3v) is 7.29. The molecule has 35 heavy (non-hydrogen) atoms. The zero-order chi connectivity index (χ0) is 24.8. The van der Waals surface area contributed by atoms with Gasteiger partial charge in [0.15, 0.2) is 0 Å². The Morgan fingerprint density at radius 3 is 2.26 bits per heavy atom. The van der Waals surface area contributed by atoms with Crippen LogP contribution in [0.2, 0.25) is 0 Å². The Labute approximate surface area is 206 Å². The monoisotopic (exact) mass is 478 g/mol. The number of carbonyl (C=O) groups is 3. The number of ether oxygens (including phenoxy) is 1. The molecule has 7 nitrogen and oxygen atoms in total. The molecule has 0 unspecified atom stereocenters. The van der Waals surface area contributed by atoms with Gasteiger partial charge in [-0.15, -0.1) is 0 Å². The number of carboxylic acid groups (broad SMARTS) is 1. The Balaban J connectivity index is 1.32. The van der Waals surface area contributed by atoms with E-state index in [0.29, 0.717) is 25.8 Å². The number of rotatable bonds is 9. The molecule has 3 atom stereocenters. The van der Waals surface area contributed by atoms with Gasteiger partial charge in [0.1, 0.15) is 12.6 Å². The molecular weight excluding hydrogens is 444 g/mol. The molecule has 1 fully saturated rings. The van der Waals surface area contributed by atoms with Crippen molar-refractivity contribution in [2.24, 2.45) is 11.8 Å². The lowest BCUT2D eigenvalue weighted by Gasteiger charge is -2.31. The number of fused-ring (bicyclic) bond motifs is 3. The molecule has 186 valence electrons. The average Bonchev–Trinajstić information content (AvgIpc) is 3.19. The van der Waals surface area contributed by atoms with Crippen LogP contribution in [0, 0.1) is 11.8 Å². The third-order valence-electron chi connectivity index (χ3n) is 7.29. The molecule has 2 amide bonds. The number of alkyl carbamates (subject to hydrolysis) is 1. The second-order valence-corrected chi connectivity index (χ2v) is 9.55. The van der Waals surface area contributed by atoms with Crippen LogP contribution in [0.3, 0.4) is 0 Å². The summed E-state index contributed by atoms with van der Waals surface area (Å²) in [6, 6.07) is 15.5. The summed E-state index contributed by atoms with van der Waals surface area (Å²) in [6.45, 7) is 2.47. The molecule has 0 saturated heterocycles. The number of benzene rings is 2. The highest BCUT2D eigenvalue weighted by Crippen LogP contribution is 2.44. The standard InChI is InChI=1S/C28H34N2O5/c1-2-9-25(27(32)33)30-26(31)19-11-4-3-10-18(19)16-29-28(34)35-17-24-22-14-7-5-12-20(22)21-13-6-8-15-23(21)24/h5-8,12-15,18-19,24-25H,2-4,9-11,16-17H2,1H3,(H,29,34)(H,30,31)(H,32,33)/t18-,19-,25-/m0/s1. The molecule has 2 aromatic carbocycles. The van der Waals surface area contributed by atoms with Gasteiger partial charge in [-0.2, -0.15) is 0 Å². The molecular formula is C28H34N2O5. The summed E-state index contributed by atoms with van der Waals surface area (Å²) in [5.41, 5.74) is 4.67. The van der Waals surface area contributed by atoms with E-state index in [0.717, 1.165) is 30.4 Å². The lowest BCUT2D eigenvalue weighted by atomic mass is 9.78. The van der Waals surface area contributed by atoms with Gasteiger partial charge in [-0.1, -0.05) is 74.7 Å². The fourth-order valence-corrected chi connectivity index (χ4v) is 5.49. The predicted molar refractivity (Wildman–Crippen MR) is 133 cm³/mol. The Hall–Kier alpha value is -3.35. The molecule has 2 aliphatic carbocycles. The molecule has 0 radical (unpaired) electrons. The number of carbonyl (C=O) groups excluding carboxylic acids is 2. The molecule has 0 spiro atoms. The van der Waals surface area contributed by atoms with Crippen LogP contribution in [0.1, 0.15) is 62.5 Å². The minimum absolute atomic E-state index is 0.00660. The minimum atomic E-state index is -1.01. The van der Waals surface area contributed by atoms with E-state index >= 15 is 0 Å². The quantitative estimate of drug-likeness (QED) is 0.485. The van der Waals surface area contributed by atoms with E-state index in [2.05, 4.69) is 34.9 Å². The van der Waals surface area contributed by atoms with Gasteiger partial charge in [0.25, 0.3) is 0 Å². The molecule has 2 aromatic rings. The number of nitrogens with one attached hydrogen (secondary N) is 2. The number of aliphatic carboxylic acids is 1. The number of hydrogen-bond acceptors (Lipinski definition) is 4. The van der Waals surface area contributed by atoms with Crippen molar-refractivity contribution >= 4 is 18.0 Å². The van der Waals surface area contributed by atoms with Crippen LogP contribution >= 0.6 is 0 Å². The van der Waals surface area contributed by atoms with E-state index in [1.165, 1.54) is 11.1 Å². The van der Waals surface area contributed by atoms with Crippen molar-refractivity contribution in [3.63, 3.8) is 0 Å². The van der Waals surface area contributed by atoms with Crippen LogP contribution in [-0.2, 0) is 14.3 Å². The molecule has 2 aliphatic rings. The van der Waals surface area contributed by atoms with Crippen LogP contribution in [-0.4, -0.2) is 42.3 Å². The molecule has 4 rings (SSSR count). The van der Waals surface area contributed by atoms with Crippen LogP contribution in [0.4, 0.5) is 4.79 Å². The van der Waals surface area contributed by atoms with Gasteiger partial charge in [0.2, 0.25) is 5.91 Å². The van der Waals surface area contributed by atoms with E-state index in [4.69, 9.17) is 4.74 Å². The van der Waals surface area contributed by atoms with Crippen molar-refractivity contribution in [1.29, 1.82) is 0 Å². The summed E-state index contributed by atoms with van der Waals surface area (Å²) in [5, 5.41) is 14.9. The SMILES string of the molecule is CCC[C@H](NC(=O)[C@H]1CCCC[C@H]1CNC(=O)OCC1c2ccccc2-c2ccccc21)C(=O)O. The summed E-state index contributed by atoms with van der Waals surface area (Å²) in [6.07, 6.45) is 3.99. The Bertz CT molecular complexity index is 1020. The first-order chi connectivity index (χ1) is 17.0. The number of hydrogen-bond donors (Lipinski definition) is 3. The fourth-order valence-electron chi connectivity index (χ4n) is 5.49. The normalized spacial score (nSPS) is 19.8.